The molecule has 1 saturated heterocycles. The summed E-state index contributed by atoms with van der Waals surface area (Å²) in [4.78, 5) is 33.4. The topological polar surface area (TPSA) is 66.7 Å². The summed E-state index contributed by atoms with van der Waals surface area (Å²) in [5, 5.41) is 0.529. The van der Waals surface area contributed by atoms with E-state index in [-0.39, 0.29) is 11.8 Å². The molecule has 2 amide bonds. The van der Waals surface area contributed by atoms with Gasteiger partial charge in [0, 0.05) is 31.1 Å². The van der Waals surface area contributed by atoms with Crippen molar-refractivity contribution in [1.29, 1.82) is 0 Å². The van der Waals surface area contributed by atoms with Gasteiger partial charge in [-0.2, -0.15) is 0 Å². The Kier molecular flexibility index (Phi) is 3.98. The summed E-state index contributed by atoms with van der Waals surface area (Å²) in [5.41, 5.74) is 0.903. The molecule has 116 valence electrons. The summed E-state index contributed by atoms with van der Waals surface area (Å²) in [6.07, 6.45) is 1.49. The summed E-state index contributed by atoms with van der Waals surface area (Å²) >= 11 is 1.42. The lowest BCUT2D eigenvalue weighted by atomic mass is 10.3. The molecule has 0 saturated carbocycles. The maximum atomic E-state index is 12.4. The predicted molar refractivity (Wildman–Crippen MR) is 82.1 cm³/mol. The lowest BCUT2D eigenvalue weighted by Gasteiger charge is -2.33. The number of aryl methyl sites for hydroxylation is 2. The van der Waals surface area contributed by atoms with E-state index in [1.807, 2.05) is 13.8 Å². The van der Waals surface area contributed by atoms with Crippen LogP contribution in [0.3, 0.4) is 0 Å². The van der Waals surface area contributed by atoms with Crippen LogP contribution in [0.15, 0.2) is 22.8 Å². The number of carbonyl (C=O) groups excluding carboxylic acids is 2. The Bertz CT molecular complexity index is 665. The first-order chi connectivity index (χ1) is 10.6. The molecule has 3 heterocycles. The summed E-state index contributed by atoms with van der Waals surface area (Å²) in [5.74, 6) is 0.162. The molecule has 3 rings (SSSR count). The van der Waals surface area contributed by atoms with Crippen LogP contribution < -0.4 is 0 Å². The monoisotopic (exact) mass is 319 g/mol. The van der Waals surface area contributed by atoms with Gasteiger partial charge in [-0.1, -0.05) is 0 Å². The Hall–Kier alpha value is -2.15. The van der Waals surface area contributed by atoms with E-state index in [0.29, 0.717) is 36.9 Å². The highest BCUT2D eigenvalue weighted by Gasteiger charge is 2.27. The zero-order chi connectivity index (χ0) is 15.7. The molecule has 1 aliphatic heterocycles. The van der Waals surface area contributed by atoms with Gasteiger partial charge in [0.2, 0.25) is 0 Å². The van der Waals surface area contributed by atoms with E-state index in [0.717, 1.165) is 10.6 Å². The Morgan fingerprint density at radius 2 is 1.77 bits per heavy atom. The Labute approximate surface area is 132 Å². The number of piperazine rings is 1. The van der Waals surface area contributed by atoms with Crippen molar-refractivity contribution >= 4 is 23.2 Å². The van der Waals surface area contributed by atoms with Crippen LogP contribution in [0.1, 0.15) is 30.9 Å². The smallest absolute Gasteiger partial charge is 0.289 e. The quantitative estimate of drug-likeness (QED) is 0.848. The molecule has 0 aromatic carbocycles. The second kappa shape index (κ2) is 5.92. The molecule has 0 radical (unpaired) electrons. The van der Waals surface area contributed by atoms with Crippen molar-refractivity contribution in [3.8, 4) is 0 Å². The lowest BCUT2D eigenvalue weighted by molar-refractivity contribution is 0.0518. The van der Waals surface area contributed by atoms with Crippen LogP contribution in [0.25, 0.3) is 0 Å². The van der Waals surface area contributed by atoms with Crippen LogP contribution in [0.4, 0.5) is 0 Å². The highest BCUT2D eigenvalue weighted by Crippen LogP contribution is 2.19. The fourth-order valence-corrected chi connectivity index (χ4v) is 3.25. The highest BCUT2D eigenvalue weighted by molar-refractivity contribution is 7.13. The summed E-state index contributed by atoms with van der Waals surface area (Å²) in [6, 6.07) is 3.35. The second-order valence-corrected chi connectivity index (χ2v) is 6.43. The highest BCUT2D eigenvalue weighted by atomic mass is 32.1. The van der Waals surface area contributed by atoms with Gasteiger partial charge in [0.25, 0.3) is 11.8 Å². The van der Waals surface area contributed by atoms with E-state index in [1.54, 1.807) is 21.9 Å². The van der Waals surface area contributed by atoms with E-state index < -0.39 is 0 Å². The Morgan fingerprint density at radius 1 is 1.14 bits per heavy atom. The van der Waals surface area contributed by atoms with Crippen molar-refractivity contribution in [2.75, 3.05) is 26.2 Å². The van der Waals surface area contributed by atoms with E-state index in [1.165, 1.54) is 17.6 Å². The molecule has 6 nitrogen and oxygen atoms in total. The number of rotatable bonds is 2. The number of aromatic nitrogens is 1. The molecule has 2 aromatic rings. The van der Waals surface area contributed by atoms with Crippen molar-refractivity contribution < 1.29 is 14.0 Å². The van der Waals surface area contributed by atoms with Gasteiger partial charge in [-0.3, -0.25) is 9.59 Å². The molecule has 0 aliphatic carbocycles. The van der Waals surface area contributed by atoms with Gasteiger partial charge in [-0.15, -0.1) is 11.3 Å². The first-order valence-electron chi connectivity index (χ1n) is 7.12. The van der Waals surface area contributed by atoms with Gasteiger partial charge in [0.05, 0.1) is 12.0 Å². The molecule has 0 N–H and O–H groups in total. The van der Waals surface area contributed by atoms with E-state index >= 15 is 0 Å². The van der Waals surface area contributed by atoms with Gasteiger partial charge in [0.15, 0.2) is 10.8 Å². The summed E-state index contributed by atoms with van der Waals surface area (Å²) < 4.78 is 5.13. The summed E-state index contributed by atoms with van der Waals surface area (Å²) in [7, 11) is 0. The molecule has 2 aromatic heterocycles. The van der Waals surface area contributed by atoms with Gasteiger partial charge >= 0.3 is 0 Å². The number of hydrogen-bond acceptors (Lipinski definition) is 5. The van der Waals surface area contributed by atoms with Crippen molar-refractivity contribution in [3.05, 3.63) is 39.7 Å². The number of amides is 2. The number of carbonyl (C=O) groups is 2. The molecule has 1 aliphatic rings. The molecule has 0 atom stereocenters. The average Bonchev–Trinajstić information content (AvgIpc) is 3.17. The number of thiazole rings is 1. The van der Waals surface area contributed by atoms with E-state index in [4.69, 9.17) is 4.42 Å². The molecule has 0 unspecified atom stereocenters. The second-order valence-electron chi connectivity index (χ2n) is 5.22. The van der Waals surface area contributed by atoms with Crippen LogP contribution in [-0.2, 0) is 0 Å². The van der Waals surface area contributed by atoms with Crippen molar-refractivity contribution in [2.45, 2.75) is 13.8 Å². The average molecular weight is 319 g/mol. The van der Waals surface area contributed by atoms with E-state index in [9.17, 15) is 9.59 Å². The predicted octanol–water partition coefficient (Wildman–Crippen LogP) is 1.95. The lowest BCUT2D eigenvalue weighted by Crippen LogP contribution is -2.50. The van der Waals surface area contributed by atoms with Crippen molar-refractivity contribution in [3.63, 3.8) is 0 Å². The van der Waals surface area contributed by atoms with E-state index in [2.05, 4.69) is 4.98 Å². The van der Waals surface area contributed by atoms with Crippen molar-refractivity contribution in [1.82, 2.24) is 14.8 Å². The minimum absolute atomic E-state index is 0.0497. The third-order valence-electron chi connectivity index (χ3n) is 3.80. The fraction of sp³-hybridized carbons (Fsp3) is 0.400. The third kappa shape index (κ3) is 2.76. The largest absolute Gasteiger partial charge is 0.459 e. The van der Waals surface area contributed by atoms with Gasteiger partial charge in [-0.05, 0) is 26.0 Å². The molecule has 0 spiro atoms. The van der Waals surface area contributed by atoms with Crippen LogP contribution in [0, 0.1) is 13.8 Å². The van der Waals surface area contributed by atoms with Gasteiger partial charge < -0.3 is 14.2 Å². The third-order valence-corrected chi connectivity index (χ3v) is 4.86. The number of furan rings is 1. The van der Waals surface area contributed by atoms with Crippen LogP contribution in [0.2, 0.25) is 0 Å². The van der Waals surface area contributed by atoms with Crippen LogP contribution in [0.5, 0.6) is 0 Å². The molecular formula is C15H17N3O3S. The Morgan fingerprint density at radius 3 is 2.27 bits per heavy atom. The molecule has 1 fully saturated rings. The number of nitrogens with zero attached hydrogens (tertiary/aromatic N) is 3. The molecular weight excluding hydrogens is 302 g/mol. The standard InChI is InChI=1S/C15H17N3O3S/c1-10-11(2)22-13(16-10)15(20)18-7-5-17(6-8-18)14(19)12-4-3-9-21-12/h3-4,9H,5-8H2,1-2H3. The van der Waals surface area contributed by atoms with Gasteiger partial charge in [-0.25, -0.2) is 4.98 Å². The SMILES string of the molecule is Cc1nc(C(=O)N2CCN(C(=O)c3ccco3)CC2)sc1C. The van der Waals surface area contributed by atoms with Crippen LogP contribution in [-0.4, -0.2) is 52.8 Å². The first-order valence-corrected chi connectivity index (χ1v) is 7.94. The minimum atomic E-state index is -0.127. The zero-order valence-electron chi connectivity index (χ0n) is 12.5. The molecule has 22 heavy (non-hydrogen) atoms. The first kappa shape index (κ1) is 14.8. The fourth-order valence-electron chi connectivity index (χ4n) is 2.37. The van der Waals surface area contributed by atoms with Gasteiger partial charge in [0.1, 0.15) is 0 Å². The zero-order valence-corrected chi connectivity index (χ0v) is 13.4. The molecule has 0 bridgehead atoms. The normalized spacial score (nSPS) is 15.2. The summed E-state index contributed by atoms with van der Waals surface area (Å²) in [6.45, 7) is 5.92. The molecule has 7 heteroatoms. The number of hydrogen-bond donors (Lipinski definition) is 0. The maximum absolute atomic E-state index is 12.4. The van der Waals surface area contributed by atoms with Crippen LogP contribution >= 0.6 is 11.3 Å². The van der Waals surface area contributed by atoms with Crippen molar-refractivity contribution in [2.24, 2.45) is 0 Å². The Balaban J connectivity index is 1.62. The minimum Gasteiger partial charge on any atom is -0.459 e. The maximum Gasteiger partial charge on any atom is 0.289 e.